The first-order valence-electron chi connectivity index (χ1n) is 4.86. The second-order valence-corrected chi connectivity index (χ2v) is 4.19. The number of amides is 2. The van der Waals surface area contributed by atoms with E-state index in [4.69, 9.17) is 0 Å². The second-order valence-electron chi connectivity index (χ2n) is 4.19. The SMILES string of the molecule is O=C1[C@H]2CC[C@@]3(CCCN13)C(=O)N2. The highest BCUT2D eigenvalue weighted by Crippen LogP contribution is 2.41. The summed E-state index contributed by atoms with van der Waals surface area (Å²) in [4.78, 5) is 25.2. The van der Waals surface area contributed by atoms with Crippen molar-refractivity contribution < 1.29 is 9.59 Å². The maximum atomic E-state index is 11.7. The number of nitrogens with zero attached hydrogens (tertiary/aromatic N) is 1. The smallest absolute Gasteiger partial charge is 0.246 e. The fourth-order valence-corrected chi connectivity index (χ4v) is 2.93. The summed E-state index contributed by atoms with van der Waals surface area (Å²) in [6.45, 7) is 0.781. The Hall–Kier alpha value is -1.06. The van der Waals surface area contributed by atoms with Crippen LogP contribution in [-0.4, -0.2) is 34.8 Å². The molecule has 0 aromatic rings. The van der Waals surface area contributed by atoms with Gasteiger partial charge in [-0.1, -0.05) is 0 Å². The van der Waals surface area contributed by atoms with Crippen LogP contribution in [0.2, 0.25) is 0 Å². The Labute approximate surface area is 76.3 Å². The molecule has 4 rings (SSSR count). The van der Waals surface area contributed by atoms with Gasteiger partial charge in [-0.05, 0) is 25.7 Å². The Morgan fingerprint density at radius 2 is 2.23 bits per heavy atom. The molecule has 4 nitrogen and oxygen atoms in total. The van der Waals surface area contributed by atoms with Crippen molar-refractivity contribution >= 4 is 11.8 Å². The van der Waals surface area contributed by atoms with Crippen LogP contribution in [0.5, 0.6) is 0 Å². The number of nitrogens with one attached hydrogen (secondary N) is 1. The van der Waals surface area contributed by atoms with Crippen LogP contribution in [-0.2, 0) is 9.59 Å². The fourth-order valence-electron chi connectivity index (χ4n) is 2.93. The van der Waals surface area contributed by atoms with Crippen molar-refractivity contribution in [3.8, 4) is 0 Å². The topological polar surface area (TPSA) is 49.4 Å². The van der Waals surface area contributed by atoms with E-state index in [1.165, 1.54) is 0 Å². The summed E-state index contributed by atoms with van der Waals surface area (Å²) in [5.41, 5.74) is -0.439. The van der Waals surface area contributed by atoms with Crippen molar-refractivity contribution in [3.05, 3.63) is 0 Å². The molecule has 4 heteroatoms. The van der Waals surface area contributed by atoms with E-state index in [9.17, 15) is 9.59 Å². The van der Waals surface area contributed by atoms with Gasteiger partial charge in [-0.15, -0.1) is 0 Å². The molecule has 13 heavy (non-hydrogen) atoms. The Kier molecular flexibility index (Phi) is 1.16. The Morgan fingerprint density at radius 3 is 2.92 bits per heavy atom. The third-order valence-electron chi connectivity index (χ3n) is 3.63. The minimum Gasteiger partial charge on any atom is -0.342 e. The molecule has 0 saturated carbocycles. The third-order valence-corrected chi connectivity index (χ3v) is 3.63. The Bertz CT molecular complexity index is 300. The van der Waals surface area contributed by atoms with Gasteiger partial charge in [-0.2, -0.15) is 0 Å². The molecule has 2 bridgehead atoms. The molecule has 70 valence electrons. The van der Waals surface area contributed by atoms with Crippen LogP contribution in [0.15, 0.2) is 0 Å². The molecule has 4 aliphatic heterocycles. The Balaban J connectivity index is 2.10. The van der Waals surface area contributed by atoms with Crippen molar-refractivity contribution in [2.75, 3.05) is 6.54 Å². The van der Waals surface area contributed by atoms with Crippen molar-refractivity contribution in [2.45, 2.75) is 37.3 Å². The van der Waals surface area contributed by atoms with Crippen LogP contribution in [0.3, 0.4) is 0 Å². The van der Waals surface area contributed by atoms with Crippen LogP contribution in [0.4, 0.5) is 0 Å². The highest BCUT2D eigenvalue weighted by atomic mass is 16.2. The zero-order valence-corrected chi connectivity index (χ0v) is 7.38. The van der Waals surface area contributed by atoms with Gasteiger partial charge < -0.3 is 10.2 Å². The number of piperazine rings is 1. The predicted molar refractivity (Wildman–Crippen MR) is 44.8 cm³/mol. The van der Waals surface area contributed by atoms with Crippen molar-refractivity contribution in [2.24, 2.45) is 0 Å². The molecule has 2 amide bonds. The van der Waals surface area contributed by atoms with Gasteiger partial charge in [0.15, 0.2) is 0 Å². The van der Waals surface area contributed by atoms with E-state index < -0.39 is 5.54 Å². The van der Waals surface area contributed by atoms with E-state index >= 15 is 0 Å². The lowest BCUT2D eigenvalue weighted by Crippen LogP contribution is -2.72. The fraction of sp³-hybridized carbons (Fsp3) is 0.778. The second kappa shape index (κ2) is 2.05. The number of carbonyl (C=O) groups is 2. The van der Waals surface area contributed by atoms with E-state index in [2.05, 4.69) is 5.32 Å². The van der Waals surface area contributed by atoms with Gasteiger partial charge in [0.2, 0.25) is 11.8 Å². The minimum absolute atomic E-state index is 0.0841. The predicted octanol–water partition coefficient (Wildman–Crippen LogP) is -0.360. The summed E-state index contributed by atoms with van der Waals surface area (Å²) in [6.07, 6.45) is 3.54. The van der Waals surface area contributed by atoms with Gasteiger partial charge in [-0.3, -0.25) is 9.59 Å². The van der Waals surface area contributed by atoms with Gasteiger partial charge in [-0.25, -0.2) is 0 Å². The van der Waals surface area contributed by atoms with Crippen molar-refractivity contribution in [1.82, 2.24) is 10.2 Å². The van der Waals surface area contributed by atoms with E-state index in [0.29, 0.717) is 0 Å². The molecule has 0 aromatic heterocycles. The van der Waals surface area contributed by atoms with E-state index in [-0.39, 0.29) is 17.9 Å². The molecular formula is C9H12N2O2. The molecule has 4 saturated heterocycles. The van der Waals surface area contributed by atoms with E-state index in [0.717, 1.165) is 32.2 Å². The summed E-state index contributed by atoms with van der Waals surface area (Å²) in [5, 5.41) is 2.80. The zero-order chi connectivity index (χ0) is 9.05. The highest BCUT2D eigenvalue weighted by molar-refractivity contribution is 6.01. The number of hydrogen-bond acceptors (Lipinski definition) is 2. The Morgan fingerprint density at radius 1 is 1.38 bits per heavy atom. The van der Waals surface area contributed by atoms with Crippen LogP contribution < -0.4 is 5.32 Å². The highest BCUT2D eigenvalue weighted by Gasteiger charge is 2.58. The average Bonchev–Trinajstić information content (AvgIpc) is 2.54. The van der Waals surface area contributed by atoms with E-state index in [1.54, 1.807) is 4.90 Å². The van der Waals surface area contributed by atoms with Crippen molar-refractivity contribution in [1.29, 1.82) is 0 Å². The monoisotopic (exact) mass is 180 g/mol. The summed E-state index contributed by atoms with van der Waals surface area (Å²) in [5.74, 6) is 0.226. The average molecular weight is 180 g/mol. The summed E-state index contributed by atoms with van der Waals surface area (Å²) in [6, 6.07) is -0.215. The summed E-state index contributed by atoms with van der Waals surface area (Å²) < 4.78 is 0. The van der Waals surface area contributed by atoms with Gasteiger partial charge in [0.05, 0.1) is 0 Å². The molecule has 4 heterocycles. The first-order chi connectivity index (χ1) is 6.24. The molecule has 1 spiro atoms. The molecule has 4 fully saturated rings. The molecular weight excluding hydrogens is 168 g/mol. The van der Waals surface area contributed by atoms with Crippen LogP contribution in [0.1, 0.15) is 25.7 Å². The normalized spacial score (nSPS) is 42.2. The first kappa shape index (κ1) is 7.35. The van der Waals surface area contributed by atoms with E-state index in [1.807, 2.05) is 0 Å². The maximum Gasteiger partial charge on any atom is 0.246 e. The number of hydrogen-bond donors (Lipinski definition) is 1. The van der Waals surface area contributed by atoms with Crippen molar-refractivity contribution in [3.63, 3.8) is 0 Å². The lowest BCUT2D eigenvalue weighted by Gasteiger charge is -2.49. The lowest BCUT2D eigenvalue weighted by molar-refractivity contribution is -0.160. The maximum absolute atomic E-state index is 11.7. The van der Waals surface area contributed by atoms with Crippen LogP contribution >= 0.6 is 0 Å². The zero-order valence-electron chi connectivity index (χ0n) is 7.38. The lowest BCUT2D eigenvalue weighted by atomic mass is 9.79. The quantitative estimate of drug-likeness (QED) is 0.553. The number of rotatable bonds is 0. The molecule has 0 aliphatic carbocycles. The molecule has 0 aromatic carbocycles. The van der Waals surface area contributed by atoms with Gasteiger partial charge in [0, 0.05) is 6.54 Å². The minimum atomic E-state index is -0.439. The molecule has 0 radical (unpaired) electrons. The molecule has 4 aliphatic rings. The van der Waals surface area contributed by atoms with Gasteiger partial charge in [0.1, 0.15) is 11.6 Å². The van der Waals surface area contributed by atoms with Crippen LogP contribution in [0.25, 0.3) is 0 Å². The third kappa shape index (κ3) is 0.677. The standard InChI is InChI=1S/C9H12N2O2/c12-7-6-2-4-9(8(13)10-6)3-1-5-11(7)9/h6H,1-5H2,(H,10,13)/t6-,9+/m1/s1. The number of piperidine rings is 2. The van der Waals surface area contributed by atoms with Gasteiger partial charge >= 0.3 is 0 Å². The number of fused-ring (bicyclic) bond motifs is 2. The van der Waals surface area contributed by atoms with Gasteiger partial charge in [0.25, 0.3) is 0 Å². The first-order valence-corrected chi connectivity index (χ1v) is 4.86. The summed E-state index contributed by atoms with van der Waals surface area (Å²) >= 11 is 0. The molecule has 1 N–H and O–H groups in total. The number of carbonyl (C=O) groups excluding carboxylic acids is 2. The largest absolute Gasteiger partial charge is 0.342 e. The molecule has 0 unspecified atom stereocenters. The van der Waals surface area contributed by atoms with Crippen LogP contribution in [0, 0.1) is 0 Å². The molecule has 2 atom stereocenters. The summed E-state index contributed by atoms with van der Waals surface area (Å²) in [7, 11) is 0.